The number of hydrogen-bond acceptors (Lipinski definition) is 5. The van der Waals surface area contributed by atoms with E-state index in [0.717, 1.165) is 0 Å². The molecule has 0 heterocycles. The highest BCUT2D eigenvalue weighted by Gasteiger charge is 2.22. The van der Waals surface area contributed by atoms with E-state index in [9.17, 15) is 19.7 Å². The predicted octanol–water partition coefficient (Wildman–Crippen LogP) is 1.82. The molecule has 1 aromatic rings. The van der Waals surface area contributed by atoms with Crippen LogP contribution < -0.4 is 0 Å². The number of nitro groups is 1. The highest BCUT2D eigenvalue weighted by molar-refractivity contribution is 5.85. The van der Waals surface area contributed by atoms with E-state index in [-0.39, 0.29) is 29.8 Å². The summed E-state index contributed by atoms with van der Waals surface area (Å²) in [6, 6.07) is 2.93. The minimum atomic E-state index is -0.655. The van der Waals surface area contributed by atoms with Crippen molar-refractivity contribution in [2.75, 3.05) is 6.61 Å². The summed E-state index contributed by atoms with van der Waals surface area (Å²) in [7, 11) is 0. The van der Waals surface area contributed by atoms with Crippen molar-refractivity contribution in [1.29, 1.82) is 0 Å². The van der Waals surface area contributed by atoms with Crippen LogP contribution in [0.15, 0.2) is 12.1 Å². The van der Waals surface area contributed by atoms with Crippen LogP contribution in [0.1, 0.15) is 28.4 Å². The molecular formula is C12H13NO5. The molecule has 0 N–H and O–H groups in total. The number of nitro benzene ring substituents is 1. The third-order valence-corrected chi connectivity index (χ3v) is 2.31. The van der Waals surface area contributed by atoms with Crippen LogP contribution in [0.2, 0.25) is 0 Å². The van der Waals surface area contributed by atoms with Gasteiger partial charge in [0.2, 0.25) is 0 Å². The van der Waals surface area contributed by atoms with Crippen molar-refractivity contribution in [2.45, 2.75) is 20.3 Å². The van der Waals surface area contributed by atoms with Gasteiger partial charge in [-0.2, -0.15) is 0 Å². The third-order valence-electron chi connectivity index (χ3n) is 2.31. The highest BCUT2D eigenvalue weighted by atomic mass is 16.6. The molecule has 0 amide bonds. The molecule has 0 radical (unpaired) electrons. The van der Waals surface area contributed by atoms with E-state index in [1.54, 1.807) is 13.8 Å². The van der Waals surface area contributed by atoms with E-state index < -0.39 is 10.9 Å². The van der Waals surface area contributed by atoms with Crippen LogP contribution in [0.5, 0.6) is 0 Å². The Hall–Kier alpha value is -2.24. The molecule has 6 heteroatoms. The number of hydrogen-bond donors (Lipinski definition) is 0. The second kappa shape index (κ2) is 5.90. The smallest absolute Gasteiger partial charge is 0.310 e. The van der Waals surface area contributed by atoms with E-state index >= 15 is 0 Å². The first-order valence-corrected chi connectivity index (χ1v) is 5.38. The summed E-state index contributed by atoms with van der Waals surface area (Å²) in [6.07, 6.45) is 0.201. The molecule has 0 spiro atoms. The molecule has 1 rings (SSSR count). The van der Waals surface area contributed by atoms with Crippen molar-refractivity contribution in [2.24, 2.45) is 0 Å². The zero-order valence-corrected chi connectivity index (χ0v) is 10.1. The standard InChI is InChI=1S/C12H13NO5/c1-3-18-11(15)6-9-4-8(2)5-10(7-14)12(9)13(16)17/h4-5,7H,3,6H2,1-2H3. The van der Waals surface area contributed by atoms with Gasteiger partial charge in [0, 0.05) is 5.56 Å². The maximum absolute atomic E-state index is 11.4. The molecule has 0 aliphatic heterocycles. The normalized spacial score (nSPS) is 9.89. The Morgan fingerprint density at radius 2 is 2.17 bits per heavy atom. The second-order valence-electron chi connectivity index (χ2n) is 3.72. The fourth-order valence-electron chi connectivity index (χ4n) is 1.70. The second-order valence-corrected chi connectivity index (χ2v) is 3.72. The van der Waals surface area contributed by atoms with Crippen LogP contribution in [-0.2, 0) is 16.0 Å². The van der Waals surface area contributed by atoms with E-state index in [2.05, 4.69) is 0 Å². The number of aryl methyl sites for hydroxylation is 1. The lowest BCUT2D eigenvalue weighted by Gasteiger charge is -2.06. The van der Waals surface area contributed by atoms with Crippen LogP contribution in [0.4, 0.5) is 5.69 Å². The van der Waals surface area contributed by atoms with E-state index in [4.69, 9.17) is 4.74 Å². The van der Waals surface area contributed by atoms with Gasteiger partial charge in [-0.25, -0.2) is 0 Å². The topological polar surface area (TPSA) is 86.5 Å². The van der Waals surface area contributed by atoms with E-state index in [0.29, 0.717) is 11.8 Å². The van der Waals surface area contributed by atoms with Crippen molar-refractivity contribution in [3.05, 3.63) is 38.9 Å². The lowest BCUT2D eigenvalue weighted by atomic mass is 10.0. The molecule has 18 heavy (non-hydrogen) atoms. The number of aldehydes is 1. The first-order valence-electron chi connectivity index (χ1n) is 5.38. The van der Waals surface area contributed by atoms with Crippen molar-refractivity contribution in [1.82, 2.24) is 0 Å². The molecule has 0 aliphatic carbocycles. The zero-order valence-electron chi connectivity index (χ0n) is 10.1. The van der Waals surface area contributed by atoms with Gasteiger partial charge < -0.3 is 4.74 Å². The molecule has 0 saturated carbocycles. The number of carbonyl (C=O) groups excluding carboxylic acids is 2. The Balaban J connectivity index is 3.23. The summed E-state index contributed by atoms with van der Waals surface area (Å²) in [5, 5.41) is 10.9. The average molecular weight is 251 g/mol. The minimum Gasteiger partial charge on any atom is -0.466 e. The number of carbonyl (C=O) groups is 2. The monoisotopic (exact) mass is 251 g/mol. The van der Waals surface area contributed by atoms with Gasteiger partial charge in [0.15, 0.2) is 6.29 Å². The zero-order chi connectivity index (χ0) is 13.7. The summed E-state index contributed by atoms with van der Waals surface area (Å²) >= 11 is 0. The third kappa shape index (κ3) is 3.13. The Labute approximate surface area is 104 Å². The molecule has 6 nitrogen and oxygen atoms in total. The molecule has 96 valence electrons. The first-order chi connectivity index (χ1) is 8.49. The lowest BCUT2D eigenvalue weighted by Crippen LogP contribution is -2.10. The summed E-state index contributed by atoms with van der Waals surface area (Å²) in [6.45, 7) is 3.56. The van der Waals surface area contributed by atoms with Crippen molar-refractivity contribution >= 4 is 17.9 Å². The fraction of sp³-hybridized carbons (Fsp3) is 0.333. The van der Waals surface area contributed by atoms with Crippen molar-refractivity contribution in [3.63, 3.8) is 0 Å². The summed E-state index contributed by atoms with van der Waals surface area (Å²) in [5.74, 6) is -0.553. The molecule has 0 saturated heterocycles. The maximum Gasteiger partial charge on any atom is 0.310 e. The summed E-state index contributed by atoms with van der Waals surface area (Å²) in [5.41, 5.74) is 0.519. The van der Waals surface area contributed by atoms with Gasteiger partial charge in [-0.05, 0) is 31.5 Å². The molecule has 0 bridgehead atoms. The maximum atomic E-state index is 11.4. The molecule has 0 atom stereocenters. The Bertz CT molecular complexity index is 495. The molecule has 0 unspecified atom stereocenters. The van der Waals surface area contributed by atoms with Gasteiger partial charge in [0.05, 0.1) is 23.5 Å². The fourth-order valence-corrected chi connectivity index (χ4v) is 1.70. The molecule has 0 aromatic heterocycles. The first kappa shape index (κ1) is 13.8. The number of esters is 1. The molecule has 0 aliphatic rings. The van der Waals surface area contributed by atoms with Crippen LogP contribution in [-0.4, -0.2) is 23.8 Å². The SMILES string of the molecule is CCOC(=O)Cc1cc(C)cc(C=O)c1[N+](=O)[O-]. The average Bonchev–Trinajstić information content (AvgIpc) is 2.27. The van der Waals surface area contributed by atoms with Crippen LogP contribution in [0.3, 0.4) is 0 Å². The van der Waals surface area contributed by atoms with Gasteiger partial charge in [-0.15, -0.1) is 0 Å². The molecule has 1 aromatic carbocycles. The Kier molecular flexibility index (Phi) is 4.53. The van der Waals surface area contributed by atoms with Crippen LogP contribution in [0, 0.1) is 17.0 Å². The van der Waals surface area contributed by atoms with Crippen molar-refractivity contribution in [3.8, 4) is 0 Å². The summed E-state index contributed by atoms with van der Waals surface area (Å²) in [4.78, 5) is 32.5. The number of rotatable bonds is 5. The number of ether oxygens (including phenoxy) is 1. The Morgan fingerprint density at radius 3 is 2.67 bits per heavy atom. The molecular weight excluding hydrogens is 238 g/mol. The number of benzene rings is 1. The summed E-state index contributed by atoms with van der Waals surface area (Å²) < 4.78 is 4.74. The van der Waals surface area contributed by atoms with Crippen LogP contribution >= 0.6 is 0 Å². The predicted molar refractivity (Wildman–Crippen MR) is 63.6 cm³/mol. The van der Waals surface area contributed by atoms with E-state index in [1.807, 2.05) is 0 Å². The molecule has 0 fully saturated rings. The van der Waals surface area contributed by atoms with E-state index in [1.165, 1.54) is 12.1 Å². The Morgan fingerprint density at radius 1 is 1.50 bits per heavy atom. The number of nitrogens with zero attached hydrogens (tertiary/aromatic N) is 1. The van der Waals surface area contributed by atoms with Gasteiger partial charge in [-0.1, -0.05) is 0 Å². The lowest BCUT2D eigenvalue weighted by molar-refractivity contribution is -0.385. The van der Waals surface area contributed by atoms with Crippen LogP contribution in [0.25, 0.3) is 0 Å². The van der Waals surface area contributed by atoms with Gasteiger partial charge in [-0.3, -0.25) is 19.7 Å². The largest absolute Gasteiger partial charge is 0.466 e. The van der Waals surface area contributed by atoms with Gasteiger partial charge in [0.25, 0.3) is 5.69 Å². The van der Waals surface area contributed by atoms with Crippen molar-refractivity contribution < 1.29 is 19.2 Å². The minimum absolute atomic E-state index is 0.0284. The highest BCUT2D eigenvalue weighted by Crippen LogP contribution is 2.25. The quantitative estimate of drug-likeness (QED) is 0.345. The van der Waals surface area contributed by atoms with Gasteiger partial charge in [0.1, 0.15) is 0 Å². The van der Waals surface area contributed by atoms with Gasteiger partial charge >= 0.3 is 5.97 Å².